The Balaban J connectivity index is 1.89. The standard InChI is InChI=1S/C18H26N2O/c1-3-4-5-6-7-8-12-19-18-17-14-16(21-2)10-9-15(17)11-13-20-18/h9-11,13-14H,3-8,12H2,1-2H3,(H,19,20). The zero-order valence-electron chi connectivity index (χ0n) is 13.2. The van der Waals surface area contributed by atoms with Crippen LogP contribution < -0.4 is 10.1 Å². The molecule has 0 bridgehead atoms. The number of anilines is 1. The molecule has 2 aromatic rings. The second kappa shape index (κ2) is 8.50. The number of nitrogens with one attached hydrogen (secondary N) is 1. The molecule has 0 atom stereocenters. The number of fused-ring (bicyclic) bond motifs is 1. The Kier molecular flexibility index (Phi) is 6.32. The smallest absolute Gasteiger partial charge is 0.133 e. The van der Waals surface area contributed by atoms with Crippen molar-refractivity contribution in [2.45, 2.75) is 45.4 Å². The SMILES string of the molecule is CCCCCCCCNc1nccc2ccc(OC)cc12. The van der Waals surface area contributed by atoms with E-state index in [-0.39, 0.29) is 0 Å². The average molecular weight is 286 g/mol. The van der Waals surface area contributed by atoms with Crippen molar-refractivity contribution in [2.75, 3.05) is 19.0 Å². The Bertz CT molecular complexity index is 554. The highest BCUT2D eigenvalue weighted by atomic mass is 16.5. The largest absolute Gasteiger partial charge is 0.497 e. The van der Waals surface area contributed by atoms with Crippen molar-refractivity contribution >= 4 is 16.6 Å². The van der Waals surface area contributed by atoms with E-state index in [1.807, 2.05) is 24.4 Å². The fourth-order valence-electron chi connectivity index (χ4n) is 2.53. The van der Waals surface area contributed by atoms with Gasteiger partial charge in [-0.3, -0.25) is 0 Å². The summed E-state index contributed by atoms with van der Waals surface area (Å²) in [6.45, 7) is 3.23. The fraction of sp³-hybridized carbons (Fsp3) is 0.500. The second-order valence-corrected chi connectivity index (χ2v) is 5.44. The van der Waals surface area contributed by atoms with E-state index in [1.54, 1.807) is 7.11 Å². The van der Waals surface area contributed by atoms with Gasteiger partial charge in [0, 0.05) is 18.1 Å². The molecule has 0 amide bonds. The molecule has 1 heterocycles. The summed E-state index contributed by atoms with van der Waals surface area (Å²) in [7, 11) is 1.70. The van der Waals surface area contributed by atoms with Gasteiger partial charge in [-0.05, 0) is 30.0 Å². The average Bonchev–Trinajstić information content (AvgIpc) is 2.53. The maximum absolute atomic E-state index is 5.30. The van der Waals surface area contributed by atoms with Crippen LogP contribution in [0, 0.1) is 0 Å². The van der Waals surface area contributed by atoms with E-state index in [0.29, 0.717) is 0 Å². The summed E-state index contributed by atoms with van der Waals surface area (Å²) in [4.78, 5) is 4.46. The predicted molar refractivity (Wildman–Crippen MR) is 90.2 cm³/mol. The number of pyridine rings is 1. The van der Waals surface area contributed by atoms with Gasteiger partial charge in [0.15, 0.2) is 0 Å². The maximum atomic E-state index is 5.30. The molecule has 0 aliphatic carbocycles. The molecule has 0 saturated carbocycles. The van der Waals surface area contributed by atoms with Crippen LogP contribution in [0.25, 0.3) is 10.8 Å². The van der Waals surface area contributed by atoms with Crippen molar-refractivity contribution in [3.05, 3.63) is 30.5 Å². The van der Waals surface area contributed by atoms with Gasteiger partial charge < -0.3 is 10.1 Å². The molecule has 1 aromatic carbocycles. The van der Waals surface area contributed by atoms with E-state index < -0.39 is 0 Å². The Morgan fingerprint density at radius 3 is 2.67 bits per heavy atom. The lowest BCUT2D eigenvalue weighted by atomic mass is 10.1. The van der Waals surface area contributed by atoms with Gasteiger partial charge >= 0.3 is 0 Å². The Morgan fingerprint density at radius 1 is 1.05 bits per heavy atom. The summed E-state index contributed by atoms with van der Waals surface area (Å²) in [6, 6.07) is 8.14. The topological polar surface area (TPSA) is 34.2 Å². The van der Waals surface area contributed by atoms with Crippen molar-refractivity contribution in [3.8, 4) is 5.75 Å². The normalized spacial score (nSPS) is 10.8. The number of aromatic nitrogens is 1. The molecule has 0 aliphatic heterocycles. The minimum absolute atomic E-state index is 0.873. The molecular weight excluding hydrogens is 260 g/mol. The maximum Gasteiger partial charge on any atom is 0.133 e. The van der Waals surface area contributed by atoms with Crippen molar-refractivity contribution in [1.29, 1.82) is 0 Å². The molecule has 3 heteroatoms. The van der Waals surface area contributed by atoms with Gasteiger partial charge in [0.25, 0.3) is 0 Å². The first-order valence-electron chi connectivity index (χ1n) is 8.01. The lowest BCUT2D eigenvalue weighted by Crippen LogP contribution is -2.03. The molecule has 2 rings (SSSR count). The van der Waals surface area contributed by atoms with E-state index >= 15 is 0 Å². The Morgan fingerprint density at radius 2 is 1.86 bits per heavy atom. The zero-order chi connectivity index (χ0) is 14.9. The molecule has 0 unspecified atom stereocenters. The van der Waals surface area contributed by atoms with E-state index in [4.69, 9.17) is 4.74 Å². The summed E-state index contributed by atoms with van der Waals surface area (Å²) in [6.07, 6.45) is 9.72. The highest BCUT2D eigenvalue weighted by Crippen LogP contribution is 2.25. The monoisotopic (exact) mass is 286 g/mol. The van der Waals surface area contributed by atoms with Gasteiger partial charge in [0.05, 0.1) is 7.11 Å². The van der Waals surface area contributed by atoms with E-state index in [9.17, 15) is 0 Å². The minimum atomic E-state index is 0.873. The van der Waals surface area contributed by atoms with Gasteiger partial charge in [-0.2, -0.15) is 0 Å². The van der Waals surface area contributed by atoms with Gasteiger partial charge in [-0.25, -0.2) is 4.98 Å². The van der Waals surface area contributed by atoms with Gasteiger partial charge in [0.2, 0.25) is 0 Å². The first-order valence-corrected chi connectivity index (χ1v) is 8.01. The lowest BCUT2D eigenvalue weighted by Gasteiger charge is -2.10. The van der Waals surface area contributed by atoms with Gasteiger partial charge in [-0.1, -0.05) is 45.1 Å². The number of hydrogen-bond donors (Lipinski definition) is 1. The molecule has 0 radical (unpaired) electrons. The van der Waals surface area contributed by atoms with Crippen molar-refractivity contribution in [3.63, 3.8) is 0 Å². The van der Waals surface area contributed by atoms with Gasteiger partial charge in [0.1, 0.15) is 11.6 Å². The molecule has 0 fully saturated rings. The molecule has 114 valence electrons. The zero-order valence-corrected chi connectivity index (χ0v) is 13.2. The summed E-state index contributed by atoms with van der Waals surface area (Å²) >= 11 is 0. The Labute approximate surface area is 127 Å². The molecule has 21 heavy (non-hydrogen) atoms. The lowest BCUT2D eigenvalue weighted by molar-refractivity contribution is 0.415. The summed E-state index contributed by atoms with van der Waals surface area (Å²) < 4.78 is 5.30. The van der Waals surface area contributed by atoms with E-state index in [0.717, 1.165) is 23.5 Å². The number of hydrogen-bond acceptors (Lipinski definition) is 3. The highest BCUT2D eigenvalue weighted by molar-refractivity contribution is 5.92. The molecule has 1 aromatic heterocycles. The molecule has 1 N–H and O–H groups in total. The molecule has 3 nitrogen and oxygen atoms in total. The van der Waals surface area contributed by atoms with E-state index in [1.165, 1.54) is 43.9 Å². The molecular formula is C18H26N2O. The third-order valence-electron chi connectivity index (χ3n) is 3.80. The second-order valence-electron chi connectivity index (χ2n) is 5.44. The van der Waals surface area contributed by atoms with Gasteiger partial charge in [-0.15, -0.1) is 0 Å². The van der Waals surface area contributed by atoms with Crippen molar-refractivity contribution < 1.29 is 4.74 Å². The summed E-state index contributed by atoms with van der Waals surface area (Å²) in [5.74, 6) is 1.83. The summed E-state index contributed by atoms with van der Waals surface area (Å²) in [5, 5.41) is 5.78. The number of benzene rings is 1. The van der Waals surface area contributed by atoms with E-state index in [2.05, 4.69) is 23.3 Å². The number of ether oxygens (including phenoxy) is 1. The number of nitrogens with zero attached hydrogens (tertiary/aromatic N) is 1. The van der Waals surface area contributed by atoms with Crippen LogP contribution in [0.3, 0.4) is 0 Å². The molecule has 0 spiro atoms. The van der Waals surface area contributed by atoms with Crippen LogP contribution in [0.4, 0.5) is 5.82 Å². The first kappa shape index (κ1) is 15.6. The van der Waals surface area contributed by atoms with Crippen molar-refractivity contribution in [1.82, 2.24) is 4.98 Å². The van der Waals surface area contributed by atoms with Crippen molar-refractivity contribution in [2.24, 2.45) is 0 Å². The third-order valence-corrected chi connectivity index (χ3v) is 3.80. The highest BCUT2D eigenvalue weighted by Gasteiger charge is 2.03. The number of rotatable bonds is 9. The van der Waals surface area contributed by atoms with Crippen LogP contribution in [0.1, 0.15) is 45.4 Å². The quantitative estimate of drug-likeness (QED) is 0.657. The summed E-state index contributed by atoms with van der Waals surface area (Å²) in [5.41, 5.74) is 0. The number of unbranched alkanes of at least 4 members (excludes halogenated alkanes) is 5. The van der Waals surface area contributed by atoms with Crippen LogP contribution >= 0.6 is 0 Å². The van der Waals surface area contributed by atoms with Crippen LogP contribution in [0.5, 0.6) is 5.75 Å². The molecule has 0 saturated heterocycles. The number of methoxy groups -OCH3 is 1. The van der Waals surface area contributed by atoms with Crippen LogP contribution in [0.2, 0.25) is 0 Å². The fourth-order valence-corrected chi connectivity index (χ4v) is 2.53. The van der Waals surface area contributed by atoms with Crippen LogP contribution in [-0.4, -0.2) is 18.6 Å². The molecule has 0 aliphatic rings. The first-order chi connectivity index (χ1) is 10.3. The van der Waals surface area contributed by atoms with Crippen LogP contribution in [-0.2, 0) is 0 Å². The predicted octanol–water partition coefficient (Wildman–Crippen LogP) is 5.02. The minimum Gasteiger partial charge on any atom is -0.497 e. The third kappa shape index (κ3) is 4.62. The van der Waals surface area contributed by atoms with Crippen LogP contribution in [0.15, 0.2) is 30.5 Å². The Hall–Kier alpha value is -1.77.